The summed E-state index contributed by atoms with van der Waals surface area (Å²) in [5.74, 6) is 0. The maximum absolute atomic E-state index is 5.60. The number of methoxy groups -OCH3 is 1. The summed E-state index contributed by atoms with van der Waals surface area (Å²) in [6.45, 7) is 12.3. The highest BCUT2D eigenvalue weighted by Gasteiger charge is 2.35. The molecule has 0 N–H and O–H groups in total. The number of hydrogen-bond donors (Lipinski definition) is 0. The van der Waals surface area contributed by atoms with Gasteiger partial charge in [-0.15, -0.1) is 0 Å². The summed E-state index contributed by atoms with van der Waals surface area (Å²) in [5, 5.41) is 9.14. The van der Waals surface area contributed by atoms with E-state index in [1.54, 1.807) is 30.6 Å². The summed E-state index contributed by atoms with van der Waals surface area (Å²) in [4.78, 5) is 0.669. The molecule has 6 heteroatoms. The van der Waals surface area contributed by atoms with Gasteiger partial charge in [-0.25, -0.2) is 0 Å². The molecule has 1 aromatic carbocycles. The summed E-state index contributed by atoms with van der Waals surface area (Å²) >= 11 is 8.77. The van der Waals surface area contributed by atoms with Gasteiger partial charge >= 0.3 is 0 Å². The third-order valence-corrected chi connectivity index (χ3v) is 5.62. The predicted molar refractivity (Wildman–Crippen MR) is 111 cm³/mol. The Kier molecular flexibility index (Phi) is 7.91. The Morgan fingerprint density at radius 3 is 2.12 bits per heavy atom. The van der Waals surface area contributed by atoms with Crippen molar-refractivity contribution >= 4 is 39.3 Å². The maximum Gasteiger partial charge on any atom is 0.132 e. The van der Waals surface area contributed by atoms with Crippen molar-refractivity contribution in [1.29, 1.82) is 0 Å². The average Bonchev–Trinajstić information content (AvgIpc) is 2.45. The predicted octanol–water partition coefficient (Wildman–Crippen LogP) is 6.58. The summed E-state index contributed by atoms with van der Waals surface area (Å²) in [5.41, 5.74) is -0.515. The van der Waals surface area contributed by atoms with Crippen molar-refractivity contribution in [3.8, 4) is 0 Å². The molecule has 0 aromatic heterocycles. The molecule has 1 aromatic rings. The van der Waals surface area contributed by atoms with E-state index in [4.69, 9.17) is 17.0 Å². The number of azo groups is 1. The van der Waals surface area contributed by atoms with Crippen LogP contribution < -0.4 is 0 Å². The van der Waals surface area contributed by atoms with Crippen molar-refractivity contribution in [2.45, 2.75) is 68.9 Å². The highest BCUT2D eigenvalue weighted by Crippen LogP contribution is 2.41. The molecule has 0 amide bonds. The van der Waals surface area contributed by atoms with E-state index in [-0.39, 0.29) is 11.1 Å². The van der Waals surface area contributed by atoms with Gasteiger partial charge in [0.2, 0.25) is 0 Å². The molecule has 0 bridgehead atoms. The number of ether oxygens (including phenoxy) is 1. The minimum atomic E-state index is -0.467. The third-order valence-electron chi connectivity index (χ3n) is 3.12. The Bertz CT molecular complexity index is 567. The molecule has 0 heterocycles. The number of thiocarbonyl (C=S) groups is 1. The Balaban J connectivity index is 2.92. The molecule has 0 spiro atoms. The molecule has 24 heavy (non-hydrogen) atoms. The lowest BCUT2D eigenvalue weighted by Crippen LogP contribution is -2.34. The molecular formula is C18H28N2OS3. The van der Waals surface area contributed by atoms with E-state index >= 15 is 0 Å². The van der Waals surface area contributed by atoms with Gasteiger partial charge in [0.25, 0.3) is 0 Å². The van der Waals surface area contributed by atoms with Gasteiger partial charge in [0.15, 0.2) is 0 Å². The molecule has 0 aliphatic rings. The van der Waals surface area contributed by atoms with Crippen molar-refractivity contribution in [2.75, 3.05) is 7.11 Å². The second kappa shape index (κ2) is 8.79. The zero-order valence-corrected chi connectivity index (χ0v) is 18.1. The van der Waals surface area contributed by atoms with Gasteiger partial charge in [0.05, 0.1) is 11.1 Å². The molecule has 3 nitrogen and oxygen atoms in total. The first-order valence-electron chi connectivity index (χ1n) is 7.90. The number of thioether (sulfide) groups is 2. The first-order valence-corrected chi connectivity index (χ1v) is 9.94. The topological polar surface area (TPSA) is 34.0 Å². The molecule has 0 aliphatic carbocycles. The Labute approximate surface area is 160 Å². The maximum atomic E-state index is 5.60. The first kappa shape index (κ1) is 21.6. The van der Waals surface area contributed by atoms with Crippen LogP contribution in [-0.2, 0) is 4.74 Å². The lowest BCUT2D eigenvalue weighted by Gasteiger charge is -2.33. The Morgan fingerprint density at radius 2 is 1.62 bits per heavy atom. The van der Waals surface area contributed by atoms with Gasteiger partial charge in [0, 0.05) is 18.4 Å². The van der Waals surface area contributed by atoms with Gasteiger partial charge < -0.3 is 4.74 Å². The van der Waals surface area contributed by atoms with Crippen molar-refractivity contribution in [3.05, 3.63) is 30.3 Å². The van der Waals surface area contributed by atoms with E-state index in [9.17, 15) is 0 Å². The molecule has 0 saturated heterocycles. The van der Waals surface area contributed by atoms with Crippen LogP contribution in [0.15, 0.2) is 45.5 Å². The van der Waals surface area contributed by atoms with Gasteiger partial charge in [-0.05, 0) is 53.7 Å². The zero-order chi connectivity index (χ0) is 18.4. The highest BCUT2D eigenvalue weighted by molar-refractivity contribution is 8.47. The van der Waals surface area contributed by atoms with E-state index < -0.39 is 4.87 Å². The van der Waals surface area contributed by atoms with Crippen LogP contribution >= 0.6 is 35.7 Å². The van der Waals surface area contributed by atoms with Crippen LogP contribution in [0.4, 0.5) is 0 Å². The van der Waals surface area contributed by atoms with Crippen LogP contribution in [0.25, 0.3) is 0 Å². The van der Waals surface area contributed by atoms with Crippen LogP contribution in [0.3, 0.4) is 0 Å². The summed E-state index contributed by atoms with van der Waals surface area (Å²) in [6, 6.07) is 10.2. The van der Waals surface area contributed by atoms with Crippen LogP contribution in [0, 0.1) is 0 Å². The fourth-order valence-corrected chi connectivity index (χ4v) is 5.16. The van der Waals surface area contributed by atoms with E-state index in [0.717, 1.165) is 14.8 Å². The van der Waals surface area contributed by atoms with Gasteiger partial charge in [-0.2, -0.15) is 10.2 Å². The molecule has 134 valence electrons. The normalized spacial score (nSPS) is 15.5. The molecule has 0 aliphatic heterocycles. The molecule has 1 rings (SSSR count). The summed E-state index contributed by atoms with van der Waals surface area (Å²) < 4.78 is 6.44. The third kappa shape index (κ3) is 8.60. The van der Waals surface area contributed by atoms with Crippen molar-refractivity contribution < 1.29 is 4.74 Å². The monoisotopic (exact) mass is 384 g/mol. The lowest BCUT2D eigenvalue weighted by atomic mass is 10.00. The standard InChI is InChI=1S/C18H28N2OS3/c1-16(2,3)19-20-18(6,13-17(4,5)21-7)24-15(22)23-14-11-9-8-10-12-14/h8-12H,13H2,1-7H3/b20-19+. The Morgan fingerprint density at radius 1 is 1.04 bits per heavy atom. The van der Waals surface area contributed by atoms with Crippen molar-refractivity contribution in [3.63, 3.8) is 0 Å². The average molecular weight is 385 g/mol. The van der Waals surface area contributed by atoms with Crippen molar-refractivity contribution in [2.24, 2.45) is 10.2 Å². The SMILES string of the molecule is COC(C)(C)CC(C)(/N=N/C(C)(C)C)SC(=S)Sc1ccccc1. The van der Waals surface area contributed by atoms with Gasteiger partial charge in [-0.1, -0.05) is 53.9 Å². The second-order valence-corrected chi connectivity index (χ2v) is 11.2. The number of rotatable bonds is 6. The molecule has 0 saturated carbocycles. The smallest absolute Gasteiger partial charge is 0.132 e. The van der Waals surface area contributed by atoms with Gasteiger partial charge in [-0.3, -0.25) is 0 Å². The molecular weight excluding hydrogens is 356 g/mol. The molecule has 1 unspecified atom stereocenters. The van der Waals surface area contributed by atoms with E-state index in [2.05, 4.69) is 43.1 Å². The van der Waals surface area contributed by atoms with Crippen LogP contribution in [0.2, 0.25) is 0 Å². The van der Waals surface area contributed by atoms with Gasteiger partial charge in [0.1, 0.15) is 8.40 Å². The fraction of sp³-hybridized carbons (Fsp3) is 0.611. The van der Waals surface area contributed by atoms with E-state index in [1.807, 2.05) is 39.0 Å². The summed E-state index contributed by atoms with van der Waals surface area (Å²) in [6.07, 6.45) is 0.718. The highest BCUT2D eigenvalue weighted by atomic mass is 32.2. The number of hydrogen-bond acceptors (Lipinski definition) is 6. The summed E-state index contributed by atoms with van der Waals surface area (Å²) in [7, 11) is 1.73. The van der Waals surface area contributed by atoms with Crippen LogP contribution in [0.5, 0.6) is 0 Å². The minimum Gasteiger partial charge on any atom is -0.379 e. The fourth-order valence-electron chi connectivity index (χ4n) is 1.99. The number of nitrogens with zero attached hydrogens (tertiary/aromatic N) is 2. The largest absolute Gasteiger partial charge is 0.379 e. The second-order valence-electron chi connectivity index (χ2n) is 7.45. The van der Waals surface area contributed by atoms with E-state index in [0.29, 0.717) is 0 Å². The van der Waals surface area contributed by atoms with E-state index in [1.165, 1.54) is 0 Å². The lowest BCUT2D eigenvalue weighted by molar-refractivity contribution is 0.00808. The van der Waals surface area contributed by atoms with Crippen molar-refractivity contribution in [1.82, 2.24) is 0 Å². The zero-order valence-electron chi connectivity index (χ0n) is 15.6. The number of benzene rings is 1. The first-order chi connectivity index (χ1) is 10.9. The minimum absolute atomic E-state index is 0.215. The molecule has 1 atom stereocenters. The molecule has 0 fully saturated rings. The molecule has 0 radical (unpaired) electrons. The van der Waals surface area contributed by atoms with Crippen LogP contribution in [0.1, 0.15) is 48.0 Å². The quantitative estimate of drug-likeness (QED) is 0.315. The van der Waals surface area contributed by atoms with Crippen LogP contribution in [-0.4, -0.2) is 26.6 Å². The Hall–Kier alpha value is -0.430.